The van der Waals surface area contributed by atoms with Crippen LogP contribution in [0.3, 0.4) is 0 Å². The van der Waals surface area contributed by atoms with E-state index in [4.69, 9.17) is 9.47 Å². The number of methoxy groups -OCH3 is 2. The van der Waals surface area contributed by atoms with Gasteiger partial charge in [0.2, 0.25) is 5.13 Å². The minimum atomic E-state index is -0.415. The third-order valence-electron chi connectivity index (χ3n) is 4.64. The molecule has 10 nitrogen and oxygen atoms in total. The third kappa shape index (κ3) is 4.05. The van der Waals surface area contributed by atoms with Crippen LogP contribution in [0.15, 0.2) is 48.5 Å². The van der Waals surface area contributed by atoms with Gasteiger partial charge in [0.15, 0.2) is 11.5 Å². The van der Waals surface area contributed by atoms with E-state index in [0.29, 0.717) is 44.9 Å². The van der Waals surface area contributed by atoms with Crippen molar-refractivity contribution in [3.05, 3.63) is 65.4 Å². The molecule has 11 heteroatoms. The molecule has 0 unspecified atom stereocenters. The number of benzene rings is 2. The maximum atomic E-state index is 12.6. The molecule has 0 saturated heterocycles. The molecule has 0 radical (unpaired) electrons. The van der Waals surface area contributed by atoms with E-state index in [9.17, 15) is 9.59 Å². The van der Waals surface area contributed by atoms with Gasteiger partial charge in [0.25, 0.3) is 5.91 Å². The number of nitrogens with zero attached hydrogens (tertiary/aromatic N) is 5. The first kappa shape index (κ1) is 21.1. The van der Waals surface area contributed by atoms with Crippen LogP contribution in [0, 0.1) is 6.92 Å². The number of hydrogen-bond donors (Lipinski definition) is 1. The fraction of sp³-hybridized carbons (Fsp3) is 0.143. The molecule has 0 saturated carbocycles. The number of hydrogen-bond acceptors (Lipinski definition) is 9. The third-order valence-corrected chi connectivity index (χ3v) is 5.27. The van der Waals surface area contributed by atoms with Gasteiger partial charge in [0, 0.05) is 11.5 Å². The maximum Gasteiger partial charge on any atom is 0.337 e. The number of aromatic nitrogens is 5. The molecule has 1 amide bonds. The average molecular weight is 450 g/mol. The first-order valence-corrected chi connectivity index (χ1v) is 10.2. The number of carbonyl (C=O) groups excluding carboxylic acids is 2. The highest BCUT2D eigenvalue weighted by atomic mass is 32.1. The summed E-state index contributed by atoms with van der Waals surface area (Å²) in [5.41, 5.74) is 2.73. The van der Waals surface area contributed by atoms with E-state index in [1.54, 1.807) is 53.2 Å². The molecule has 0 aliphatic carbocycles. The van der Waals surface area contributed by atoms with Crippen LogP contribution in [0.4, 0.5) is 5.13 Å². The Balaban J connectivity index is 1.54. The Bertz CT molecular complexity index is 1280. The van der Waals surface area contributed by atoms with Crippen LogP contribution in [0.5, 0.6) is 5.75 Å². The van der Waals surface area contributed by atoms with Crippen molar-refractivity contribution in [1.29, 1.82) is 0 Å². The second-order valence-electron chi connectivity index (χ2n) is 6.55. The molecule has 0 aliphatic heterocycles. The zero-order chi connectivity index (χ0) is 22.7. The van der Waals surface area contributed by atoms with Crippen molar-refractivity contribution in [3.8, 4) is 23.0 Å². The van der Waals surface area contributed by atoms with E-state index in [0.717, 1.165) is 11.5 Å². The molecule has 0 fully saturated rings. The van der Waals surface area contributed by atoms with Crippen LogP contribution in [0.25, 0.3) is 17.2 Å². The van der Waals surface area contributed by atoms with Gasteiger partial charge in [0.05, 0.1) is 36.7 Å². The predicted molar refractivity (Wildman–Crippen MR) is 117 cm³/mol. The Kier molecular flexibility index (Phi) is 5.90. The minimum absolute atomic E-state index is 0.326. The Morgan fingerprint density at radius 1 is 1.06 bits per heavy atom. The summed E-state index contributed by atoms with van der Waals surface area (Å²) in [6.07, 6.45) is 0. The minimum Gasteiger partial charge on any atom is -0.496 e. The lowest BCUT2D eigenvalue weighted by Crippen LogP contribution is -2.12. The summed E-state index contributed by atoms with van der Waals surface area (Å²) in [6, 6.07) is 13.7. The Labute approximate surface area is 187 Å². The van der Waals surface area contributed by atoms with Crippen LogP contribution < -0.4 is 10.1 Å². The van der Waals surface area contributed by atoms with Gasteiger partial charge in [-0.3, -0.25) is 10.1 Å². The normalized spacial score (nSPS) is 10.6. The summed E-state index contributed by atoms with van der Waals surface area (Å²) in [6.45, 7) is 1.83. The molecule has 0 spiro atoms. The molecule has 0 atom stereocenters. The van der Waals surface area contributed by atoms with Crippen LogP contribution in [0.1, 0.15) is 26.4 Å². The van der Waals surface area contributed by atoms with Crippen LogP contribution in [-0.2, 0) is 4.74 Å². The van der Waals surface area contributed by atoms with Crippen molar-refractivity contribution in [2.45, 2.75) is 6.92 Å². The first-order chi connectivity index (χ1) is 15.5. The monoisotopic (exact) mass is 450 g/mol. The molecule has 0 bridgehead atoms. The number of ether oxygens (including phenoxy) is 2. The van der Waals surface area contributed by atoms with Gasteiger partial charge < -0.3 is 9.47 Å². The lowest BCUT2D eigenvalue weighted by atomic mass is 10.2. The summed E-state index contributed by atoms with van der Waals surface area (Å²) in [5.74, 6) is 0.0464. The van der Waals surface area contributed by atoms with Crippen LogP contribution >= 0.6 is 11.5 Å². The van der Waals surface area contributed by atoms with Crippen molar-refractivity contribution in [1.82, 2.24) is 24.4 Å². The highest BCUT2D eigenvalue weighted by molar-refractivity contribution is 7.10. The number of para-hydroxylation sites is 1. The molecule has 4 rings (SSSR count). The SMILES string of the molecule is COC(=O)c1ccc(-n2nnc(-c3nsc(NC(=O)c4ccccc4OC)n3)c2C)cc1. The molecule has 2 aromatic heterocycles. The van der Waals surface area contributed by atoms with E-state index in [2.05, 4.69) is 25.0 Å². The highest BCUT2D eigenvalue weighted by Crippen LogP contribution is 2.25. The second-order valence-corrected chi connectivity index (χ2v) is 7.30. The van der Waals surface area contributed by atoms with E-state index in [-0.39, 0.29) is 5.91 Å². The highest BCUT2D eigenvalue weighted by Gasteiger charge is 2.19. The van der Waals surface area contributed by atoms with Crippen molar-refractivity contribution in [2.75, 3.05) is 19.5 Å². The first-order valence-electron chi connectivity index (χ1n) is 9.41. The molecule has 162 valence electrons. The van der Waals surface area contributed by atoms with Crippen LogP contribution in [-0.4, -0.2) is 50.4 Å². The van der Waals surface area contributed by atoms with Gasteiger partial charge >= 0.3 is 5.97 Å². The standard InChI is InChI=1S/C21H18N6O4S/c1-12-17(24-26-27(12)14-10-8-13(9-11-14)20(29)31-3)18-22-21(32-25-18)23-19(28)15-6-4-5-7-16(15)30-2/h4-11H,1-3H3,(H,22,23,25,28). The summed E-state index contributed by atoms with van der Waals surface area (Å²) in [5, 5.41) is 11.4. The molecule has 1 N–H and O–H groups in total. The van der Waals surface area contributed by atoms with E-state index in [1.165, 1.54) is 14.2 Å². The number of anilines is 1. The molecule has 2 heterocycles. The number of rotatable bonds is 6. The number of amides is 1. The summed E-state index contributed by atoms with van der Waals surface area (Å²) < 4.78 is 15.9. The van der Waals surface area contributed by atoms with Crippen LogP contribution in [0.2, 0.25) is 0 Å². The van der Waals surface area contributed by atoms with E-state index < -0.39 is 5.97 Å². The average Bonchev–Trinajstić information content (AvgIpc) is 3.44. The summed E-state index contributed by atoms with van der Waals surface area (Å²) in [4.78, 5) is 28.6. The maximum absolute atomic E-state index is 12.6. The van der Waals surface area contributed by atoms with Gasteiger partial charge in [-0.2, -0.15) is 9.36 Å². The van der Waals surface area contributed by atoms with Crippen molar-refractivity contribution >= 4 is 28.5 Å². The molecular weight excluding hydrogens is 432 g/mol. The zero-order valence-corrected chi connectivity index (χ0v) is 18.2. The quantitative estimate of drug-likeness (QED) is 0.445. The molecular formula is C21H18N6O4S. The predicted octanol–water partition coefficient (Wildman–Crippen LogP) is 3.14. The zero-order valence-electron chi connectivity index (χ0n) is 17.4. The molecule has 4 aromatic rings. The summed E-state index contributed by atoms with van der Waals surface area (Å²) in [7, 11) is 2.84. The van der Waals surface area contributed by atoms with Gasteiger partial charge in [0.1, 0.15) is 5.75 Å². The number of carbonyl (C=O) groups is 2. The summed E-state index contributed by atoms with van der Waals surface area (Å²) >= 11 is 1.04. The smallest absolute Gasteiger partial charge is 0.337 e. The van der Waals surface area contributed by atoms with Gasteiger partial charge in [-0.15, -0.1) is 5.10 Å². The topological polar surface area (TPSA) is 121 Å². The van der Waals surface area contributed by atoms with E-state index in [1.807, 2.05) is 6.92 Å². The molecule has 32 heavy (non-hydrogen) atoms. The Hall–Kier alpha value is -4.12. The van der Waals surface area contributed by atoms with Gasteiger partial charge in [-0.1, -0.05) is 17.3 Å². The van der Waals surface area contributed by atoms with Crippen molar-refractivity contribution in [2.24, 2.45) is 0 Å². The van der Waals surface area contributed by atoms with Crippen molar-refractivity contribution in [3.63, 3.8) is 0 Å². The van der Waals surface area contributed by atoms with Gasteiger partial charge in [-0.05, 0) is 43.3 Å². The van der Waals surface area contributed by atoms with Gasteiger partial charge in [-0.25, -0.2) is 9.48 Å². The van der Waals surface area contributed by atoms with Crippen molar-refractivity contribution < 1.29 is 19.1 Å². The molecule has 0 aliphatic rings. The Morgan fingerprint density at radius 3 is 2.53 bits per heavy atom. The number of esters is 1. The number of nitrogens with one attached hydrogen (secondary N) is 1. The second kappa shape index (κ2) is 8.94. The largest absolute Gasteiger partial charge is 0.496 e. The fourth-order valence-corrected chi connectivity index (χ4v) is 3.57. The van der Waals surface area contributed by atoms with E-state index >= 15 is 0 Å². The lowest BCUT2D eigenvalue weighted by molar-refractivity contribution is 0.0600. The Morgan fingerprint density at radius 2 is 1.81 bits per heavy atom. The fourth-order valence-electron chi connectivity index (χ4n) is 3.00. The lowest BCUT2D eigenvalue weighted by Gasteiger charge is -2.06. The molecule has 2 aromatic carbocycles.